The number of hydrogen-bond acceptors (Lipinski definition) is 3. The van der Waals surface area contributed by atoms with Crippen LogP contribution in [0.1, 0.15) is 15.9 Å². The molecule has 2 rings (SSSR count). The van der Waals surface area contributed by atoms with Crippen LogP contribution in [0.5, 0.6) is 5.75 Å². The molecule has 0 saturated heterocycles. The third kappa shape index (κ3) is 4.44. The molecule has 0 atom stereocenters. The van der Waals surface area contributed by atoms with Gasteiger partial charge in [0, 0.05) is 19.7 Å². The molecule has 0 bridgehead atoms. The molecule has 5 heteroatoms. The van der Waals surface area contributed by atoms with Crippen molar-refractivity contribution in [3.05, 3.63) is 71.4 Å². The van der Waals surface area contributed by atoms with Crippen molar-refractivity contribution in [3.8, 4) is 5.75 Å². The molecule has 0 aromatic heterocycles. The number of carbonyl (C=O) groups is 2. The average molecular weight is 310 g/mol. The van der Waals surface area contributed by atoms with Crippen LogP contribution < -0.4 is 5.32 Å². The molecule has 2 aromatic carbocycles. The predicted molar refractivity (Wildman–Crippen MR) is 88.7 cm³/mol. The van der Waals surface area contributed by atoms with Crippen molar-refractivity contribution in [1.29, 1.82) is 0 Å². The van der Waals surface area contributed by atoms with E-state index in [9.17, 15) is 14.7 Å². The van der Waals surface area contributed by atoms with Crippen molar-refractivity contribution >= 4 is 17.9 Å². The maximum absolute atomic E-state index is 12.3. The van der Waals surface area contributed by atoms with E-state index in [0.29, 0.717) is 11.1 Å². The lowest BCUT2D eigenvalue weighted by atomic mass is 10.1. The monoisotopic (exact) mass is 310 g/mol. The van der Waals surface area contributed by atoms with Crippen LogP contribution in [0, 0.1) is 0 Å². The summed E-state index contributed by atoms with van der Waals surface area (Å²) >= 11 is 0. The summed E-state index contributed by atoms with van der Waals surface area (Å²) in [6.45, 7) is 0. The van der Waals surface area contributed by atoms with Gasteiger partial charge in [-0.3, -0.25) is 9.59 Å². The molecule has 2 N–H and O–H groups in total. The third-order valence-corrected chi connectivity index (χ3v) is 3.12. The molecule has 0 unspecified atom stereocenters. The fourth-order valence-corrected chi connectivity index (χ4v) is 1.91. The molecule has 0 spiro atoms. The first-order valence-corrected chi connectivity index (χ1v) is 7.06. The van der Waals surface area contributed by atoms with Gasteiger partial charge >= 0.3 is 0 Å². The van der Waals surface area contributed by atoms with E-state index in [1.807, 2.05) is 6.07 Å². The summed E-state index contributed by atoms with van der Waals surface area (Å²) in [5, 5.41) is 12.0. The standard InChI is InChI=1S/C18H18N2O3/c1-20(2)18(23)16(12-13-8-10-15(21)11-9-13)19-17(22)14-6-4-3-5-7-14/h3-12,21H,1-2H3,(H,19,22)/b16-12+. The van der Waals surface area contributed by atoms with Crippen LogP contribution in [-0.4, -0.2) is 35.9 Å². The molecule has 2 aromatic rings. The van der Waals surface area contributed by atoms with E-state index in [2.05, 4.69) is 5.32 Å². The normalized spacial score (nSPS) is 11.0. The number of hydrogen-bond donors (Lipinski definition) is 2. The first-order valence-electron chi connectivity index (χ1n) is 7.06. The van der Waals surface area contributed by atoms with Crippen LogP contribution in [0.25, 0.3) is 6.08 Å². The maximum atomic E-state index is 12.3. The zero-order valence-electron chi connectivity index (χ0n) is 13.0. The van der Waals surface area contributed by atoms with E-state index in [-0.39, 0.29) is 23.3 Å². The fraction of sp³-hybridized carbons (Fsp3) is 0.111. The van der Waals surface area contributed by atoms with Crippen molar-refractivity contribution in [2.75, 3.05) is 14.1 Å². The maximum Gasteiger partial charge on any atom is 0.269 e. The van der Waals surface area contributed by atoms with Gasteiger partial charge in [-0.15, -0.1) is 0 Å². The average Bonchev–Trinajstić information content (AvgIpc) is 2.56. The first kappa shape index (κ1) is 16.3. The van der Waals surface area contributed by atoms with Gasteiger partial charge in [0.25, 0.3) is 11.8 Å². The third-order valence-electron chi connectivity index (χ3n) is 3.12. The van der Waals surface area contributed by atoms with Gasteiger partial charge in [-0.1, -0.05) is 30.3 Å². The minimum Gasteiger partial charge on any atom is -0.508 e. The lowest BCUT2D eigenvalue weighted by Crippen LogP contribution is -2.34. The van der Waals surface area contributed by atoms with Crippen LogP contribution >= 0.6 is 0 Å². The smallest absolute Gasteiger partial charge is 0.269 e. The Hall–Kier alpha value is -3.08. The zero-order valence-corrected chi connectivity index (χ0v) is 13.0. The Balaban J connectivity index is 2.29. The van der Waals surface area contributed by atoms with Gasteiger partial charge in [0.1, 0.15) is 11.4 Å². The van der Waals surface area contributed by atoms with E-state index < -0.39 is 0 Å². The highest BCUT2D eigenvalue weighted by atomic mass is 16.3. The van der Waals surface area contributed by atoms with Gasteiger partial charge in [0.15, 0.2) is 0 Å². The van der Waals surface area contributed by atoms with Crippen molar-refractivity contribution in [2.24, 2.45) is 0 Å². The van der Waals surface area contributed by atoms with Crippen molar-refractivity contribution in [2.45, 2.75) is 0 Å². The summed E-state index contributed by atoms with van der Waals surface area (Å²) < 4.78 is 0. The number of aromatic hydroxyl groups is 1. The summed E-state index contributed by atoms with van der Waals surface area (Å²) in [6.07, 6.45) is 1.57. The zero-order chi connectivity index (χ0) is 16.8. The Morgan fingerprint density at radius 2 is 1.61 bits per heavy atom. The lowest BCUT2D eigenvalue weighted by Gasteiger charge is -2.15. The van der Waals surface area contributed by atoms with E-state index in [0.717, 1.165) is 0 Å². The van der Waals surface area contributed by atoms with Crippen molar-refractivity contribution < 1.29 is 14.7 Å². The largest absolute Gasteiger partial charge is 0.508 e. The Labute approximate surface area is 134 Å². The first-order chi connectivity index (χ1) is 11.0. The second-order valence-electron chi connectivity index (χ2n) is 5.17. The Morgan fingerprint density at radius 3 is 2.17 bits per heavy atom. The fourth-order valence-electron chi connectivity index (χ4n) is 1.91. The highest BCUT2D eigenvalue weighted by Crippen LogP contribution is 2.13. The van der Waals surface area contributed by atoms with Crippen LogP contribution in [0.2, 0.25) is 0 Å². The Morgan fingerprint density at radius 1 is 1.00 bits per heavy atom. The number of rotatable bonds is 4. The number of benzene rings is 2. The molecule has 0 radical (unpaired) electrons. The minimum atomic E-state index is -0.356. The second kappa shape index (κ2) is 7.26. The molecule has 2 amide bonds. The highest BCUT2D eigenvalue weighted by Gasteiger charge is 2.16. The van der Waals surface area contributed by atoms with Crippen LogP contribution in [0.15, 0.2) is 60.3 Å². The molecule has 0 heterocycles. The molecular formula is C18H18N2O3. The highest BCUT2D eigenvalue weighted by molar-refractivity contribution is 6.05. The molecule has 0 aliphatic heterocycles. The molecule has 0 aliphatic carbocycles. The molecular weight excluding hydrogens is 292 g/mol. The molecule has 118 valence electrons. The number of likely N-dealkylation sites (N-methyl/N-ethyl adjacent to an activating group) is 1. The summed E-state index contributed by atoms with van der Waals surface area (Å²) in [6, 6.07) is 15.0. The van der Waals surface area contributed by atoms with Gasteiger partial charge in [-0.25, -0.2) is 0 Å². The lowest BCUT2D eigenvalue weighted by molar-refractivity contribution is -0.124. The van der Waals surface area contributed by atoms with Gasteiger partial charge in [0.05, 0.1) is 0 Å². The molecule has 0 saturated carbocycles. The quantitative estimate of drug-likeness (QED) is 0.851. The van der Waals surface area contributed by atoms with Crippen LogP contribution in [0.3, 0.4) is 0 Å². The summed E-state index contributed by atoms with van der Waals surface area (Å²) in [4.78, 5) is 25.9. The number of phenolic OH excluding ortho intramolecular Hbond substituents is 1. The number of phenols is 1. The molecule has 0 fully saturated rings. The van der Waals surface area contributed by atoms with Crippen molar-refractivity contribution in [3.63, 3.8) is 0 Å². The second-order valence-corrected chi connectivity index (χ2v) is 5.17. The number of nitrogens with zero attached hydrogens (tertiary/aromatic N) is 1. The predicted octanol–water partition coefficient (Wildman–Crippen LogP) is 2.25. The number of nitrogens with one attached hydrogen (secondary N) is 1. The van der Waals surface area contributed by atoms with Gasteiger partial charge in [-0.2, -0.15) is 0 Å². The SMILES string of the molecule is CN(C)C(=O)/C(=C\c1ccc(O)cc1)NC(=O)c1ccccc1. The van der Waals surface area contributed by atoms with E-state index in [1.54, 1.807) is 56.6 Å². The van der Waals surface area contributed by atoms with Gasteiger partial charge < -0.3 is 15.3 Å². The summed E-state index contributed by atoms with van der Waals surface area (Å²) in [5.74, 6) is -0.538. The van der Waals surface area contributed by atoms with Gasteiger partial charge in [0.2, 0.25) is 0 Å². The van der Waals surface area contributed by atoms with Crippen molar-refractivity contribution in [1.82, 2.24) is 10.2 Å². The van der Waals surface area contributed by atoms with Crippen LogP contribution in [-0.2, 0) is 4.79 Å². The molecule has 23 heavy (non-hydrogen) atoms. The van der Waals surface area contributed by atoms with Crippen LogP contribution in [0.4, 0.5) is 0 Å². The molecule has 0 aliphatic rings. The Kier molecular flexibility index (Phi) is 5.15. The Bertz CT molecular complexity index is 720. The molecule has 5 nitrogen and oxygen atoms in total. The van der Waals surface area contributed by atoms with E-state index in [1.165, 1.54) is 17.0 Å². The summed E-state index contributed by atoms with van der Waals surface area (Å²) in [7, 11) is 3.23. The van der Waals surface area contributed by atoms with E-state index >= 15 is 0 Å². The topological polar surface area (TPSA) is 69.6 Å². The number of amides is 2. The van der Waals surface area contributed by atoms with Gasteiger partial charge in [-0.05, 0) is 35.9 Å². The van der Waals surface area contributed by atoms with E-state index in [4.69, 9.17) is 0 Å². The number of carbonyl (C=O) groups excluding carboxylic acids is 2. The summed E-state index contributed by atoms with van der Waals surface area (Å²) in [5.41, 5.74) is 1.33. The minimum absolute atomic E-state index is 0.135.